The summed E-state index contributed by atoms with van der Waals surface area (Å²) in [7, 11) is 0. The zero-order chi connectivity index (χ0) is 91.7. The van der Waals surface area contributed by atoms with Crippen molar-refractivity contribution in [2.24, 2.45) is 63.8 Å². The summed E-state index contributed by atoms with van der Waals surface area (Å²) < 4.78 is 0. The van der Waals surface area contributed by atoms with E-state index in [1.165, 1.54) is 24.3 Å². The quantitative estimate of drug-likeness (QED) is 0.0169. The van der Waals surface area contributed by atoms with E-state index in [9.17, 15) is 48.6 Å². The second kappa shape index (κ2) is 56.8. The molecule has 13 atom stereocenters. The summed E-state index contributed by atoms with van der Waals surface area (Å²) in [6.07, 6.45) is 0.193. The van der Waals surface area contributed by atoms with E-state index in [2.05, 4.69) is 90.4 Å². The smallest absolute Gasteiger partial charge is 0.326 e. The van der Waals surface area contributed by atoms with E-state index in [0.717, 1.165) is 0 Å². The Labute approximate surface area is 712 Å². The molecular formula is C78H136N30O14. The molecule has 44 heteroatoms. The van der Waals surface area contributed by atoms with Crippen LogP contribution in [0.2, 0.25) is 0 Å². The molecule has 2 rings (SSSR count). The van der Waals surface area contributed by atoms with Crippen LogP contribution >= 0.6 is 0 Å². The number of amides is 11. The van der Waals surface area contributed by atoms with Gasteiger partial charge in [-0.2, -0.15) is 0 Å². The summed E-state index contributed by atoms with van der Waals surface area (Å²) in [5, 5.41) is 112. The van der Waals surface area contributed by atoms with Gasteiger partial charge < -0.3 is 141 Å². The highest BCUT2D eigenvalue weighted by molar-refractivity contribution is 6.00. The van der Waals surface area contributed by atoms with E-state index >= 15 is 19.2 Å². The lowest BCUT2D eigenvalue weighted by atomic mass is 9.96. The van der Waals surface area contributed by atoms with Crippen LogP contribution in [0.1, 0.15) is 169 Å². The average Bonchev–Trinajstić information content (AvgIpc) is 0.854. The first-order valence-electron chi connectivity index (χ1n) is 41.1. The van der Waals surface area contributed by atoms with Crippen molar-refractivity contribution in [2.45, 2.75) is 243 Å². The maximum absolute atomic E-state index is 15.1. The van der Waals surface area contributed by atoms with Gasteiger partial charge in [0, 0.05) is 52.1 Å². The number of guanidine groups is 6. The number of aromatic hydroxyl groups is 1. The van der Waals surface area contributed by atoms with Gasteiger partial charge in [-0.05, 0) is 143 Å². The van der Waals surface area contributed by atoms with E-state index in [-0.39, 0.29) is 190 Å². The molecule has 39 N–H and O–H groups in total. The molecule has 0 fully saturated rings. The molecule has 11 amide bonds. The predicted molar refractivity (Wildman–Crippen MR) is 462 cm³/mol. The SMILES string of the molecule is CC[C@H](C)[C@H](NC(=O)[C@H](CCCNC(=N)N)NC(=O)[C@H](CCCNC(=N)N)NC(=O)[C@H](Cc1ccccc1)NC(=O)[C@H](CC(C)C)NC(=O)[C@H](CCCNC(=N)N)NC(=O)[C@@H](N)CCCNC(=N)N)C(=O)N[C@@H](CC(C)C)C(=O)N[C@@H](CCCNC(=N)N)C(=O)N[C@@H](Cc1ccc(O)cc1)C(=O)N[C@@H](CC(C)C)C(=O)N[C@@H](CCCNC(=N)N)C(=O)O. The summed E-state index contributed by atoms with van der Waals surface area (Å²) in [5.74, 6) is -14.7. The molecule has 0 bridgehead atoms. The Balaban J connectivity index is 2.73. The number of nitrogens with two attached hydrogens (primary N) is 7. The van der Waals surface area contributed by atoms with Gasteiger partial charge >= 0.3 is 5.97 Å². The number of carboxylic acid groups (broad SMARTS) is 1. The zero-order valence-electron chi connectivity index (χ0n) is 71.2. The molecule has 0 aromatic heterocycles. The topological polar surface area (TPSA) is 775 Å². The van der Waals surface area contributed by atoms with Gasteiger partial charge in [-0.15, -0.1) is 0 Å². The van der Waals surface area contributed by atoms with Gasteiger partial charge in [0.05, 0.1) is 6.04 Å². The molecule has 2 aromatic rings. The van der Waals surface area contributed by atoms with Crippen LogP contribution in [-0.4, -0.2) is 229 Å². The molecule has 0 saturated heterocycles. The molecule has 0 aliphatic rings. The van der Waals surface area contributed by atoms with Gasteiger partial charge in [0.15, 0.2) is 35.8 Å². The van der Waals surface area contributed by atoms with Crippen LogP contribution in [0.25, 0.3) is 0 Å². The van der Waals surface area contributed by atoms with Crippen LogP contribution < -0.4 is 131 Å². The first-order valence-corrected chi connectivity index (χ1v) is 41.1. The molecule has 0 aliphatic carbocycles. The van der Waals surface area contributed by atoms with E-state index in [0.29, 0.717) is 17.5 Å². The molecule has 0 saturated carbocycles. The summed E-state index contributed by atoms with van der Waals surface area (Å²) in [6, 6.07) is -2.77. The number of carbonyl (C=O) groups is 12. The Bertz CT molecular complexity index is 3760. The number of carbonyl (C=O) groups excluding carboxylic acids is 11. The number of nitrogens with one attached hydrogen (secondary N) is 23. The van der Waals surface area contributed by atoms with Crippen molar-refractivity contribution in [3.05, 3.63) is 65.7 Å². The molecule has 0 aliphatic heterocycles. The van der Waals surface area contributed by atoms with Crippen molar-refractivity contribution in [1.29, 1.82) is 32.5 Å². The van der Waals surface area contributed by atoms with Crippen LogP contribution in [-0.2, 0) is 70.4 Å². The molecule has 44 nitrogen and oxygen atoms in total. The van der Waals surface area contributed by atoms with Crippen molar-refractivity contribution >= 4 is 107 Å². The summed E-state index contributed by atoms with van der Waals surface area (Å²) in [6.45, 7) is 14.5. The largest absolute Gasteiger partial charge is 0.508 e. The Morgan fingerprint density at radius 2 is 0.566 bits per heavy atom. The number of phenols is 1. The van der Waals surface area contributed by atoms with Gasteiger partial charge in [-0.25, -0.2) is 4.79 Å². The lowest BCUT2D eigenvalue weighted by Gasteiger charge is -2.30. The number of hydrogen-bond donors (Lipinski definition) is 32. The van der Waals surface area contributed by atoms with E-state index in [1.54, 1.807) is 85.7 Å². The fourth-order valence-corrected chi connectivity index (χ4v) is 12.6. The average molecular weight is 1720 g/mol. The minimum atomic E-state index is -1.53. The number of phenolic OH excluding ortho intramolecular Hbond substituents is 1. The van der Waals surface area contributed by atoms with Gasteiger partial charge in [0.1, 0.15) is 72.2 Å². The van der Waals surface area contributed by atoms with Crippen molar-refractivity contribution in [1.82, 2.24) is 90.4 Å². The Hall–Kier alpha value is -12.5. The van der Waals surface area contributed by atoms with E-state index in [1.807, 2.05) is 0 Å². The lowest BCUT2D eigenvalue weighted by molar-refractivity contribution is -0.142. The van der Waals surface area contributed by atoms with Crippen LogP contribution in [0.4, 0.5) is 0 Å². The Morgan fingerprint density at radius 3 is 0.869 bits per heavy atom. The maximum Gasteiger partial charge on any atom is 0.326 e. The molecule has 0 radical (unpaired) electrons. The number of carboxylic acids is 1. The molecule has 122 heavy (non-hydrogen) atoms. The van der Waals surface area contributed by atoms with Crippen molar-refractivity contribution < 1.29 is 67.7 Å². The predicted octanol–water partition coefficient (Wildman–Crippen LogP) is -4.31. The Morgan fingerprint density at radius 1 is 0.320 bits per heavy atom. The van der Waals surface area contributed by atoms with Gasteiger partial charge in [0.25, 0.3) is 0 Å². The standard InChI is InChI=1S/C78H136N30O14/c1-9-45(8)60(71(120)107-57(39-44(6)7)66(115)100-52(24-16-34-95-76(86)87)64(113)105-59(41-47-27-29-48(109)30-28-47)70(119)104-55(37-42(2)3)67(116)102-54(72(121)122)26-18-36-97-78(90)91)108-65(114)53(25-17-35-96-77(88)89)99-62(111)51(23-15-33-94-75(84)85)101-69(118)58(40-46-19-11-10-12-20-46)106-68(117)56(38-43(4)5)103-63(112)50(22-14-32-93-74(82)83)98-61(110)49(79)21-13-31-92-73(80)81/h10-12,19-20,27-30,42-45,49-60,109H,9,13-18,21-26,31-41,79H2,1-8H3,(H,98,110)(H,99,111)(H,100,115)(H,101,118)(H,102,116)(H,103,112)(H,104,119)(H,105,113)(H,106,117)(H,107,120)(H,108,114)(H,121,122)(H4,80,81,92)(H4,82,83,93)(H4,84,85,94)(H4,86,87,95)(H4,88,89,96)(H4,90,91,97)/t45-,49-,50-,51-,52-,53-,54-,55-,56-,57-,58-,59-,60-/m0/s1. The van der Waals surface area contributed by atoms with E-state index in [4.69, 9.17) is 72.6 Å². The highest BCUT2D eigenvalue weighted by Gasteiger charge is 2.39. The van der Waals surface area contributed by atoms with Crippen LogP contribution in [0.15, 0.2) is 54.6 Å². The normalized spacial score (nSPS) is 14.2. The fraction of sp³-hybridized carbons (Fsp3) is 0.615. The maximum atomic E-state index is 15.1. The molecule has 0 unspecified atom stereocenters. The molecule has 2 aromatic carbocycles. The molecule has 0 spiro atoms. The van der Waals surface area contributed by atoms with Crippen molar-refractivity contribution in [3.8, 4) is 5.75 Å². The van der Waals surface area contributed by atoms with Crippen molar-refractivity contribution in [2.75, 3.05) is 39.3 Å². The van der Waals surface area contributed by atoms with Gasteiger partial charge in [-0.1, -0.05) is 104 Å². The number of aliphatic carboxylic acids is 1. The second-order valence-corrected chi connectivity index (χ2v) is 31.3. The summed E-state index contributed by atoms with van der Waals surface area (Å²) in [5.41, 5.74) is 40.3. The molecule has 0 heterocycles. The Kier molecular flexibility index (Phi) is 49.2. The van der Waals surface area contributed by atoms with Gasteiger partial charge in [0.2, 0.25) is 65.0 Å². The first-order chi connectivity index (χ1) is 57.5. The minimum Gasteiger partial charge on any atom is -0.508 e. The molecule has 682 valence electrons. The number of rotatable bonds is 59. The summed E-state index contributed by atoms with van der Waals surface area (Å²) >= 11 is 0. The highest BCUT2D eigenvalue weighted by atomic mass is 16.4. The monoisotopic (exact) mass is 1720 g/mol. The third-order valence-corrected chi connectivity index (χ3v) is 19.2. The number of benzene rings is 2. The lowest BCUT2D eigenvalue weighted by Crippen LogP contribution is -2.62. The zero-order valence-corrected chi connectivity index (χ0v) is 71.2. The minimum absolute atomic E-state index is 0.00307. The second-order valence-electron chi connectivity index (χ2n) is 31.3. The van der Waals surface area contributed by atoms with E-state index < -0.39 is 167 Å². The summed E-state index contributed by atoms with van der Waals surface area (Å²) in [4.78, 5) is 174. The first kappa shape index (κ1) is 106. The van der Waals surface area contributed by atoms with Crippen LogP contribution in [0.3, 0.4) is 0 Å². The van der Waals surface area contributed by atoms with Crippen LogP contribution in [0, 0.1) is 56.1 Å². The third-order valence-electron chi connectivity index (χ3n) is 19.2. The van der Waals surface area contributed by atoms with Gasteiger partial charge in [-0.3, -0.25) is 85.2 Å². The van der Waals surface area contributed by atoms with Crippen molar-refractivity contribution in [3.63, 3.8) is 0 Å². The third kappa shape index (κ3) is 44.5. The highest BCUT2D eigenvalue weighted by Crippen LogP contribution is 2.18. The fourth-order valence-electron chi connectivity index (χ4n) is 12.6. The van der Waals surface area contributed by atoms with Crippen LogP contribution in [0.5, 0.6) is 5.75 Å². The number of hydrogen-bond acceptors (Lipinski definition) is 20. The molecular weight excluding hydrogens is 1580 g/mol.